The minimum atomic E-state index is 0.518. The molecule has 1 aromatic carbocycles. The fourth-order valence-corrected chi connectivity index (χ4v) is 3.32. The number of likely N-dealkylation sites (tertiary alicyclic amines) is 1. The molecule has 0 radical (unpaired) electrons. The molecule has 5 heteroatoms. The van der Waals surface area contributed by atoms with E-state index in [1.54, 1.807) is 6.33 Å². The number of anilines is 1. The van der Waals surface area contributed by atoms with Crippen molar-refractivity contribution in [2.45, 2.75) is 38.4 Å². The van der Waals surface area contributed by atoms with Crippen LogP contribution < -0.4 is 5.32 Å². The Hall–Kier alpha value is -1.46. The second-order valence-corrected chi connectivity index (χ2v) is 6.20. The summed E-state index contributed by atoms with van der Waals surface area (Å²) in [6, 6.07) is 11.8. The van der Waals surface area contributed by atoms with Crippen molar-refractivity contribution in [1.29, 1.82) is 0 Å². The molecule has 106 valence electrons. The molecule has 1 fully saturated rings. The van der Waals surface area contributed by atoms with Gasteiger partial charge in [-0.1, -0.05) is 30.3 Å². The maximum Gasteiger partial charge on any atom is 0.202 e. The summed E-state index contributed by atoms with van der Waals surface area (Å²) in [5, 5.41) is 4.44. The molecule has 2 aromatic rings. The first kappa shape index (κ1) is 13.5. The van der Waals surface area contributed by atoms with Gasteiger partial charge in [-0.15, -0.1) is 0 Å². The Morgan fingerprint density at radius 1 is 1.35 bits per heavy atom. The number of nitrogens with one attached hydrogen (secondary N) is 1. The zero-order valence-corrected chi connectivity index (χ0v) is 12.5. The van der Waals surface area contributed by atoms with Gasteiger partial charge in [0.2, 0.25) is 5.13 Å². The van der Waals surface area contributed by atoms with Crippen LogP contribution in [0, 0.1) is 0 Å². The van der Waals surface area contributed by atoms with Crippen molar-refractivity contribution in [3.63, 3.8) is 0 Å². The number of aromatic nitrogens is 2. The average molecular weight is 288 g/mol. The number of benzene rings is 1. The molecule has 0 spiro atoms. The van der Waals surface area contributed by atoms with Crippen molar-refractivity contribution in [1.82, 2.24) is 14.3 Å². The lowest BCUT2D eigenvalue weighted by molar-refractivity contribution is 0.144. The first-order valence-electron chi connectivity index (χ1n) is 7.12. The zero-order chi connectivity index (χ0) is 13.8. The topological polar surface area (TPSA) is 41.1 Å². The van der Waals surface area contributed by atoms with E-state index in [4.69, 9.17) is 0 Å². The third-order valence-electron chi connectivity index (χ3n) is 3.93. The smallest absolute Gasteiger partial charge is 0.202 e. The molecule has 0 amide bonds. The number of hydrogen-bond donors (Lipinski definition) is 1. The van der Waals surface area contributed by atoms with Gasteiger partial charge in [-0.3, -0.25) is 4.90 Å². The van der Waals surface area contributed by atoms with E-state index in [2.05, 4.69) is 56.8 Å². The summed E-state index contributed by atoms with van der Waals surface area (Å²) in [5.41, 5.74) is 1.40. The highest BCUT2D eigenvalue weighted by atomic mass is 32.1. The molecule has 1 aliphatic rings. The number of rotatable bonds is 4. The van der Waals surface area contributed by atoms with E-state index in [0.29, 0.717) is 12.1 Å². The molecule has 3 rings (SSSR count). The van der Waals surface area contributed by atoms with Crippen LogP contribution in [0.1, 0.15) is 25.3 Å². The van der Waals surface area contributed by atoms with Crippen LogP contribution >= 0.6 is 11.5 Å². The second kappa shape index (κ2) is 6.33. The van der Waals surface area contributed by atoms with Crippen LogP contribution in [-0.4, -0.2) is 32.9 Å². The van der Waals surface area contributed by atoms with Crippen LogP contribution in [-0.2, 0) is 6.54 Å². The molecular weight excluding hydrogens is 268 g/mol. The zero-order valence-electron chi connectivity index (χ0n) is 11.7. The molecule has 2 atom stereocenters. The van der Waals surface area contributed by atoms with Gasteiger partial charge in [-0.25, -0.2) is 4.98 Å². The van der Waals surface area contributed by atoms with Crippen molar-refractivity contribution in [2.75, 3.05) is 11.9 Å². The first-order valence-corrected chi connectivity index (χ1v) is 7.90. The Bertz CT molecular complexity index is 514. The molecule has 2 unspecified atom stereocenters. The van der Waals surface area contributed by atoms with E-state index in [9.17, 15) is 0 Å². The number of nitrogens with zero attached hydrogens (tertiary/aromatic N) is 3. The summed E-state index contributed by atoms with van der Waals surface area (Å²) in [7, 11) is 0. The van der Waals surface area contributed by atoms with Crippen LogP contribution in [0.2, 0.25) is 0 Å². The molecule has 1 aliphatic heterocycles. The standard InChI is InChI=1S/C15H20N4S/c1-12-9-14(18-15-16-11-17-20-15)7-8-19(12)10-13-5-3-2-4-6-13/h2-6,11-12,14H,7-10H2,1H3,(H,16,17,18). The van der Waals surface area contributed by atoms with Gasteiger partial charge in [0, 0.05) is 36.7 Å². The highest BCUT2D eigenvalue weighted by molar-refractivity contribution is 7.09. The van der Waals surface area contributed by atoms with Gasteiger partial charge in [0.15, 0.2) is 0 Å². The van der Waals surface area contributed by atoms with Crippen molar-refractivity contribution in [3.8, 4) is 0 Å². The van der Waals surface area contributed by atoms with Gasteiger partial charge >= 0.3 is 0 Å². The summed E-state index contributed by atoms with van der Waals surface area (Å²) in [6.07, 6.45) is 3.93. The van der Waals surface area contributed by atoms with Crippen molar-refractivity contribution in [2.24, 2.45) is 0 Å². The normalized spacial score (nSPS) is 23.6. The third kappa shape index (κ3) is 3.35. The van der Waals surface area contributed by atoms with Crippen molar-refractivity contribution < 1.29 is 0 Å². The summed E-state index contributed by atoms with van der Waals surface area (Å²) >= 11 is 1.44. The van der Waals surface area contributed by atoms with E-state index in [-0.39, 0.29) is 0 Å². The van der Waals surface area contributed by atoms with Gasteiger partial charge in [-0.05, 0) is 25.3 Å². The molecule has 1 saturated heterocycles. The maximum absolute atomic E-state index is 4.20. The van der Waals surface area contributed by atoms with Crippen LogP contribution in [0.15, 0.2) is 36.7 Å². The molecule has 0 aliphatic carbocycles. The Morgan fingerprint density at radius 3 is 2.90 bits per heavy atom. The van der Waals surface area contributed by atoms with Crippen molar-refractivity contribution in [3.05, 3.63) is 42.2 Å². The quantitative estimate of drug-likeness (QED) is 0.939. The van der Waals surface area contributed by atoms with Crippen LogP contribution in [0.3, 0.4) is 0 Å². The molecule has 20 heavy (non-hydrogen) atoms. The largest absolute Gasteiger partial charge is 0.357 e. The lowest BCUT2D eigenvalue weighted by atomic mass is 9.98. The Labute approximate surface area is 124 Å². The number of hydrogen-bond acceptors (Lipinski definition) is 5. The van der Waals surface area contributed by atoms with Crippen LogP contribution in [0.25, 0.3) is 0 Å². The minimum Gasteiger partial charge on any atom is -0.357 e. The Balaban J connectivity index is 1.54. The summed E-state index contributed by atoms with van der Waals surface area (Å²) < 4.78 is 4.04. The van der Waals surface area contributed by atoms with E-state index < -0.39 is 0 Å². The number of piperidine rings is 1. The SMILES string of the molecule is CC1CC(Nc2ncns2)CCN1Cc1ccccc1. The molecule has 0 saturated carbocycles. The lowest BCUT2D eigenvalue weighted by Crippen LogP contribution is -2.44. The van der Waals surface area contributed by atoms with Crippen LogP contribution in [0.4, 0.5) is 5.13 Å². The lowest BCUT2D eigenvalue weighted by Gasteiger charge is -2.37. The van der Waals surface area contributed by atoms with Gasteiger partial charge in [0.05, 0.1) is 0 Å². The Kier molecular flexibility index (Phi) is 4.28. The van der Waals surface area contributed by atoms with E-state index >= 15 is 0 Å². The molecule has 0 bridgehead atoms. The third-order valence-corrected chi connectivity index (χ3v) is 4.53. The fourth-order valence-electron chi connectivity index (χ4n) is 2.82. The van der Waals surface area contributed by atoms with Gasteiger partial charge in [0.1, 0.15) is 6.33 Å². The van der Waals surface area contributed by atoms with Gasteiger partial charge in [-0.2, -0.15) is 4.37 Å². The fraction of sp³-hybridized carbons (Fsp3) is 0.467. The van der Waals surface area contributed by atoms with Crippen molar-refractivity contribution >= 4 is 16.7 Å². The summed E-state index contributed by atoms with van der Waals surface area (Å²) in [4.78, 5) is 6.77. The predicted molar refractivity (Wildman–Crippen MR) is 82.9 cm³/mol. The van der Waals surface area contributed by atoms with Crippen LogP contribution in [0.5, 0.6) is 0 Å². The van der Waals surface area contributed by atoms with E-state index in [1.165, 1.54) is 17.1 Å². The Morgan fingerprint density at radius 2 is 2.20 bits per heavy atom. The van der Waals surface area contributed by atoms with Gasteiger partial charge < -0.3 is 5.32 Å². The van der Waals surface area contributed by atoms with E-state index in [0.717, 1.165) is 31.1 Å². The first-order chi connectivity index (χ1) is 9.81. The molecule has 4 nitrogen and oxygen atoms in total. The maximum atomic E-state index is 4.20. The molecule has 1 N–H and O–H groups in total. The predicted octanol–water partition coefficient (Wildman–Crippen LogP) is 3.00. The molecule has 1 aromatic heterocycles. The minimum absolute atomic E-state index is 0.518. The average Bonchev–Trinajstić information content (AvgIpc) is 2.96. The van der Waals surface area contributed by atoms with E-state index in [1.807, 2.05) is 0 Å². The molecular formula is C15H20N4S. The second-order valence-electron chi connectivity index (χ2n) is 5.42. The molecule has 2 heterocycles. The highest BCUT2D eigenvalue weighted by Crippen LogP contribution is 2.22. The highest BCUT2D eigenvalue weighted by Gasteiger charge is 2.25. The monoisotopic (exact) mass is 288 g/mol. The summed E-state index contributed by atoms with van der Waals surface area (Å²) in [6.45, 7) is 4.50. The summed E-state index contributed by atoms with van der Waals surface area (Å²) in [5.74, 6) is 0. The van der Waals surface area contributed by atoms with Gasteiger partial charge in [0.25, 0.3) is 0 Å².